The van der Waals surface area contributed by atoms with E-state index in [1.807, 2.05) is 0 Å². The zero-order valence-corrected chi connectivity index (χ0v) is 14.4. The maximum absolute atomic E-state index is 14.0. The Kier molecular flexibility index (Phi) is 5.09. The topological polar surface area (TPSA) is 53.7 Å². The van der Waals surface area contributed by atoms with Crippen molar-refractivity contribution in [1.29, 1.82) is 0 Å². The molecule has 0 aliphatic carbocycles. The normalized spacial score (nSPS) is 16.5. The van der Waals surface area contributed by atoms with Gasteiger partial charge in [0.25, 0.3) is 0 Å². The minimum absolute atomic E-state index is 0.0832. The first-order valence-electron chi connectivity index (χ1n) is 7.26. The van der Waals surface area contributed by atoms with Crippen LogP contribution < -0.4 is 19.9 Å². The second-order valence-corrected chi connectivity index (χ2v) is 6.19. The van der Waals surface area contributed by atoms with Gasteiger partial charge in [0.1, 0.15) is 24.3 Å². The van der Waals surface area contributed by atoms with Crippen LogP contribution in [-0.4, -0.2) is 25.6 Å². The molecular weight excluding hydrogens is 401 g/mol. The SMILES string of the molecule is NC[C@H]1COc2cc(F)cc(-c3c(Cl)cc(OC(F)(F)F)cc3Cl)c2O1. The quantitative estimate of drug-likeness (QED) is 0.737. The molecule has 3 rings (SSSR count). The first kappa shape index (κ1) is 18.9. The molecule has 10 heteroatoms. The molecule has 0 radical (unpaired) electrons. The Bertz CT molecular complexity index is 822. The Morgan fingerprint density at radius 2 is 1.81 bits per heavy atom. The van der Waals surface area contributed by atoms with Crippen molar-refractivity contribution < 1.29 is 31.8 Å². The van der Waals surface area contributed by atoms with Crippen LogP contribution >= 0.6 is 23.2 Å². The van der Waals surface area contributed by atoms with Gasteiger partial charge in [-0.15, -0.1) is 13.2 Å². The van der Waals surface area contributed by atoms with E-state index in [1.54, 1.807) is 0 Å². The monoisotopic (exact) mass is 411 g/mol. The van der Waals surface area contributed by atoms with Gasteiger partial charge in [0.05, 0.1) is 10.0 Å². The molecule has 0 unspecified atom stereocenters. The van der Waals surface area contributed by atoms with Crippen LogP contribution in [-0.2, 0) is 0 Å². The predicted octanol–water partition coefficient (Wildman–Crippen LogP) is 4.80. The third-order valence-electron chi connectivity index (χ3n) is 3.51. The number of alkyl halides is 3. The minimum atomic E-state index is -4.91. The Labute approximate surface area is 155 Å². The van der Waals surface area contributed by atoms with Crippen molar-refractivity contribution in [3.05, 3.63) is 40.1 Å². The summed E-state index contributed by atoms with van der Waals surface area (Å²) in [7, 11) is 0. The van der Waals surface area contributed by atoms with Gasteiger partial charge in [0.2, 0.25) is 0 Å². The fourth-order valence-corrected chi connectivity index (χ4v) is 3.15. The Balaban J connectivity index is 2.11. The first-order valence-corrected chi connectivity index (χ1v) is 8.01. The molecule has 2 N–H and O–H groups in total. The molecule has 1 aliphatic rings. The van der Waals surface area contributed by atoms with Gasteiger partial charge in [-0.3, -0.25) is 0 Å². The Morgan fingerprint density at radius 3 is 2.38 bits per heavy atom. The van der Waals surface area contributed by atoms with Gasteiger partial charge in [0, 0.05) is 23.7 Å². The molecule has 2 aromatic rings. The van der Waals surface area contributed by atoms with Gasteiger partial charge in [-0.05, 0) is 18.2 Å². The molecule has 26 heavy (non-hydrogen) atoms. The summed E-state index contributed by atoms with van der Waals surface area (Å²) in [5.41, 5.74) is 5.78. The third kappa shape index (κ3) is 3.92. The van der Waals surface area contributed by atoms with Crippen molar-refractivity contribution >= 4 is 23.2 Å². The third-order valence-corrected chi connectivity index (χ3v) is 4.11. The van der Waals surface area contributed by atoms with E-state index in [4.69, 9.17) is 38.4 Å². The van der Waals surface area contributed by atoms with Gasteiger partial charge in [-0.2, -0.15) is 0 Å². The highest BCUT2D eigenvalue weighted by atomic mass is 35.5. The molecule has 0 amide bonds. The predicted molar refractivity (Wildman–Crippen MR) is 87.5 cm³/mol. The van der Waals surface area contributed by atoms with Crippen molar-refractivity contribution in [2.75, 3.05) is 13.2 Å². The van der Waals surface area contributed by atoms with Crippen molar-refractivity contribution in [1.82, 2.24) is 0 Å². The second kappa shape index (κ2) is 7.02. The fraction of sp³-hybridized carbons (Fsp3) is 0.250. The molecule has 1 heterocycles. The molecule has 4 nitrogen and oxygen atoms in total. The number of ether oxygens (including phenoxy) is 3. The summed E-state index contributed by atoms with van der Waals surface area (Å²) in [6.07, 6.45) is -5.38. The number of hydrogen-bond acceptors (Lipinski definition) is 4. The van der Waals surface area contributed by atoms with E-state index >= 15 is 0 Å². The number of fused-ring (bicyclic) bond motifs is 1. The van der Waals surface area contributed by atoms with Crippen LogP contribution in [0.15, 0.2) is 24.3 Å². The van der Waals surface area contributed by atoms with Gasteiger partial charge in [-0.25, -0.2) is 4.39 Å². The smallest absolute Gasteiger partial charge is 0.486 e. The van der Waals surface area contributed by atoms with E-state index in [9.17, 15) is 17.6 Å². The molecule has 0 fully saturated rings. The lowest BCUT2D eigenvalue weighted by Crippen LogP contribution is -2.36. The standard InChI is InChI=1S/C16H11Cl2F4NO3/c17-11-3-8(26-16(20,21)22)4-12(18)14(11)10-1-7(19)2-13-15(10)25-9(5-23)6-24-13/h1-4,9H,5-6,23H2/t9-/m0/s1. The number of halogens is 6. The lowest BCUT2D eigenvalue weighted by atomic mass is 10.0. The summed E-state index contributed by atoms with van der Waals surface area (Å²) in [6.45, 7) is 0.280. The fourth-order valence-electron chi connectivity index (χ4n) is 2.48. The molecule has 0 spiro atoms. The van der Waals surface area contributed by atoms with E-state index < -0.39 is 24.0 Å². The van der Waals surface area contributed by atoms with Crippen LogP contribution in [0.2, 0.25) is 10.0 Å². The van der Waals surface area contributed by atoms with Crippen molar-refractivity contribution in [3.8, 4) is 28.4 Å². The summed E-state index contributed by atoms with van der Waals surface area (Å²) >= 11 is 12.2. The molecular formula is C16H11Cl2F4NO3. The molecule has 0 saturated carbocycles. The summed E-state index contributed by atoms with van der Waals surface area (Å²) in [5.74, 6) is -0.983. The zero-order chi connectivity index (χ0) is 19.1. The first-order chi connectivity index (χ1) is 12.2. The summed E-state index contributed by atoms with van der Waals surface area (Å²) in [6, 6.07) is 4.07. The van der Waals surface area contributed by atoms with E-state index in [2.05, 4.69) is 4.74 Å². The molecule has 1 aliphatic heterocycles. The van der Waals surface area contributed by atoms with Gasteiger partial charge in [-0.1, -0.05) is 23.2 Å². The van der Waals surface area contributed by atoms with E-state index in [1.165, 1.54) is 0 Å². The molecule has 2 aromatic carbocycles. The van der Waals surface area contributed by atoms with Crippen LogP contribution in [0.3, 0.4) is 0 Å². The number of nitrogens with two attached hydrogens (primary N) is 1. The van der Waals surface area contributed by atoms with Crippen LogP contribution in [0, 0.1) is 5.82 Å². The summed E-state index contributed by atoms with van der Waals surface area (Å²) < 4.78 is 66.1. The highest BCUT2D eigenvalue weighted by Crippen LogP contribution is 2.47. The Morgan fingerprint density at radius 1 is 1.15 bits per heavy atom. The average Bonchev–Trinajstić information content (AvgIpc) is 2.52. The highest BCUT2D eigenvalue weighted by molar-refractivity contribution is 6.39. The van der Waals surface area contributed by atoms with Gasteiger partial charge in [0.15, 0.2) is 11.5 Å². The lowest BCUT2D eigenvalue weighted by molar-refractivity contribution is -0.274. The van der Waals surface area contributed by atoms with E-state index in [-0.39, 0.29) is 45.8 Å². The minimum Gasteiger partial charge on any atom is -0.486 e. The second-order valence-electron chi connectivity index (χ2n) is 5.38. The molecule has 0 aromatic heterocycles. The largest absolute Gasteiger partial charge is 0.573 e. The molecule has 0 saturated heterocycles. The van der Waals surface area contributed by atoms with Crippen molar-refractivity contribution in [2.24, 2.45) is 5.73 Å². The molecule has 1 atom stereocenters. The summed E-state index contributed by atoms with van der Waals surface area (Å²) in [5, 5.41) is -0.356. The Hall–Kier alpha value is -1.90. The average molecular weight is 412 g/mol. The van der Waals surface area contributed by atoms with Crippen molar-refractivity contribution in [3.63, 3.8) is 0 Å². The zero-order valence-electron chi connectivity index (χ0n) is 12.9. The number of hydrogen-bond donors (Lipinski definition) is 1. The van der Waals surface area contributed by atoms with Crippen LogP contribution in [0.25, 0.3) is 11.1 Å². The van der Waals surface area contributed by atoms with E-state index in [0.29, 0.717) is 0 Å². The number of benzene rings is 2. The maximum Gasteiger partial charge on any atom is 0.573 e. The lowest BCUT2D eigenvalue weighted by Gasteiger charge is -2.28. The van der Waals surface area contributed by atoms with Crippen molar-refractivity contribution in [2.45, 2.75) is 12.5 Å². The van der Waals surface area contributed by atoms with Gasteiger partial charge >= 0.3 is 6.36 Å². The molecule has 140 valence electrons. The highest BCUT2D eigenvalue weighted by Gasteiger charge is 2.32. The van der Waals surface area contributed by atoms with E-state index in [0.717, 1.165) is 24.3 Å². The number of rotatable bonds is 3. The maximum atomic E-state index is 14.0. The summed E-state index contributed by atoms with van der Waals surface area (Å²) in [4.78, 5) is 0. The van der Waals surface area contributed by atoms with Crippen LogP contribution in [0.1, 0.15) is 0 Å². The van der Waals surface area contributed by atoms with Crippen LogP contribution in [0.5, 0.6) is 17.2 Å². The van der Waals surface area contributed by atoms with Crippen LogP contribution in [0.4, 0.5) is 17.6 Å². The molecule has 0 bridgehead atoms. The van der Waals surface area contributed by atoms with Gasteiger partial charge < -0.3 is 19.9 Å².